The lowest BCUT2D eigenvalue weighted by atomic mass is 9.64. The van der Waals surface area contributed by atoms with Crippen LogP contribution in [0.5, 0.6) is 5.75 Å². The number of alkyl halides is 3. The number of carbonyl (C=O) groups excluding carboxylic acids is 3. The highest BCUT2D eigenvalue weighted by Gasteiger charge is 2.62. The normalized spacial score (nSPS) is 22.0. The highest BCUT2D eigenvalue weighted by atomic mass is 19.4. The lowest BCUT2D eigenvalue weighted by Crippen LogP contribution is -2.54. The molecule has 248 valence electrons. The number of rotatable bonds is 8. The van der Waals surface area contributed by atoms with Crippen molar-refractivity contribution in [3.63, 3.8) is 0 Å². The second-order valence-corrected chi connectivity index (χ2v) is 11.9. The molecule has 2 atom stereocenters. The number of aliphatic hydroxyl groups excluding tert-OH is 1. The lowest BCUT2D eigenvalue weighted by Gasteiger charge is -2.38. The summed E-state index contributed by atoms with van der Waals surface area (Å²) in [6.45, 7) is 2.53. The van der Waals surface area contributed by atoms with Crippen LogP contribution in [0.4, 0.5) is 13.2 Å². The molecule has 6 rings (SSSR count). The first kappa shape index (κ1) is 32.6. The fraction of sp³-hybridized carbons (Fsp3) is 0.250. The Hall–Kier alpha value is -5.36. The molecular formula is C36H30F3NO8. The molecular weight excluding hydrogens is 631 g/mol. The van der Waals surface area contributed by atoms with Crippen LogP contribution < -0.4 is 10.1 Å². The molecule has 0 radical (unpaired) electrons. The number of nitrogens with one attached hydrogen (secondary N) is 1. The number of ether oxygens (including phenoxy) is 3. The van der Waals surface area contributed by atoms with Gasteiger partial charge in [-0.05, 0) is 48.6 Å². The highest BCUT2D eigenvalue weighted by molar-refractivity contribution is 6.24. The van der Waals surface area contributed by atoms with Gasteiger partial charge in [-0.3, -0.25) is 14.4 Å². The first-order valence-electron chi connectivity index (χ1n) is 14.9. The Morgan fingerprint density at radius 1 is 1.02 bits per heavy atom. The Morgan fingerprint density at radius 2 is 1.71 bits per heavy atom. The van der Waals surface area contributed by atoms with E-state index in [0.717, 1.165) is 25.1 Å². The summed E-state index contributed by atoms with van der Waals surface area (Å²) in [4.78, 5) is 40.0. The van der Waals surface area contributed by atoms with E-state index in [1.54, 1.807) is 30.3 Å². The minimum atomic E-state index is -4.44. The van der Waals surface area contributed by atoms with Gasteiger partial charge in [0, 0.05) is 36.1 Å². The Balaban J connectivity index is 1.26. The van der Waals surface area contributed by atoms with E-state index in [9.17, 15) is 37.8 Å². The molecule has 3 aromatic carbocycles. The summed E-state index contributed by atoms with van der Waals surface area (Å²) in [5.41, 5.74) is -4.19. The van der Waals surface area contributed by atoms with E-state index in [-0.39, 0.29) is 42.4 Å². The Kier molecular flexibility index (Phi) is 7.95. The Bertz CT molecular complexity index is 2010. The molecule has 0 bridgehead atoms. The quantitative estimate of drug-likeness (QED) is 0.255. The summed E-state index contributed by atoms with van der Waals surface area (Å²) in [7, 11) is 1.36. The summed E-state index contributed by atoms with van der Waals surface area (Å²) >= 11 is 0. The number of hydrogen-bond donors (Lipinski definition) is 3. The summed E-state index contributed by atoms with van der Waals surface area (Å²) in [5.74, 6) is -2.29. The van der Waals surface area contributed by atoms with Gasteiger partial charge in [-0.2, -0.15) is 13.2 Å². The van der Waals surface area contributed by atoms with Crippen molar-refractivity contribution in [1.82, 2.24) is 5.32 Å². The maximum atomic E-state index is 14.0. The Morgan fingerprint density at radius 3 is 2.35 bits per heavy atom. The summed E-state index contributed by atoms with van der Waals surface area (Å²) in [6, 6.07) is 15.3. The monoisotopic (exact) mass is 661 g/mol. The largest absolute Gasteiger partial charge is 0.507 e. The number of allylic oxidation sites excluding steroid dienone is 4. The molecule has 1 heterocycles. The number of ketones is 2. The minimum absolute atomic E-state index is 0.00421. The molecule has 3 N–H and O–H groups in total. The van der Waals surface area contributed by atoms with Gasteiger partial charge in [0.05, 0.1) is 12.7 Å². The van der Waals surface area contributed by atoms with Crippen LogP contribution in [0.15, 0.2) is 107 Å². The van der Waals surface area contributed by atoms with Gasteiger partial charge in [0.25, 0.3) is 5.91 Å². The zero-order valence-corrected chi connectivity index (χ0v) is 26.0. The Labute approximate surface area is 272 Å². The topological polar surface area (TPSA) is 131 Å². The predicted molar refractivity (Wildman–Crippen MR) is 166 cm³/mol. The van der Waals surface area contributed by atoms with Crippen LogP contribution in [0.2, 0.25) is 0 Å². The highest BCUT2D eigenvalue weighted by Crippen LogP contribution is 2.57. The molecule has 2 aliphatic carbocycles. The van der Waals surface area contributed by atoms with Gasteiger partial charge < -0.3 is 29.7 Å². The number of hydrogen-bond acceptors (Lipinski definition) is 8. The molecule has 12 heteroatoms. The first-order valence-corrected chi connectivity index (χ1v) is 14.9. The molecule has 3 aliphatic rings. The fourth-order valence-corrected chi connectivity index (χ4v) is 6.41. The average molecular weight is 662 g/mol. The molecule has 1 aliphatic heterocycles. The number of amides is 1. The van der Waals surface area contributed by atoms with E-state index >= 15 is 0 Å². The molecule has 0 saturated heterocycles. The molecule has 48 heavy (non-hydrogen) atoms. The van der Waals surface area contributed by atoms with Crippen molar-refractivity contribution in [2.75, 3.05) is 7.11 Å². The second-order valence-electron chi connectivity index (χ2n) is 11.9. The van der Waals surface area contributed by atoms with Gasteiger partial charge in [0.2, 0.25) is 0 Å². The van der Waals surface area contributed by atoms with Crippen LogP contribution in [0.25, 0.3) is 10.8 Å². The number of Topliss-reactive ketones (excluding diaryl/α,β-unsaturated/α-hetero) is 2. The van der Waals surface area contributed by atoms with Crippen LogP contribution in [0.3, 0.4) is 0 Å². The number of benzene rings is 3. The standard InChI is InChI=1S/C36H30F3NO8/c1-19(41)30-26(42)15-29-34(2,32(30)43)31-28(48-29)14-23(46-3)16-35(31,45)33(44)40-17-21-10-13-27(25-7-5-4-6-24(21)25)47-18-20-8-11-22(12-9-20)36(37,38)39/h4-15,42,45H,16-18H2,1-3H3,(H,40,44)/t34-,35?/m1/s1. The van der Waals surface area contributed by atoms with E-state index in [0.29, 0.717) is 27.6 Å². The minimum Gasteiger partial charge on any atom is -0.507 e. The maximum Gasteiger partial charge on any atom is 0.416 e. The third-order valence-electron chi connectivity index (χ3n) is 8.88. The number of fused-ring (bicyclic) bond motifs is 3. The second kappa shape index (κ2) is 11.7. The van der Waals surface area contributed by atoms with Gasteiger partial charge in [0.1, 0.15) is 46.4 Å². The van der Waals surface area contributed by atoms with Crippen molar-refractivity contribution in [2.24, 2.45) is 5.41 Å². The van der Waals surface area contributed by atoms with Gasteiger partial charge in [0.15, 0.2) is 17.2 Å². The van der Waals surface area contributed by atoms with Crippen molar-refractivity contribution in [2.45, 2.75) is 45.2 Å². The number of aliphatic hydroxyl groups is 2. The van der Waals surface area contributed by atoms with Crippen LogP contribution in [0.1, 0.15) is 37.0 Å². The molecule has 3 aromatic rings. The molecule has 0 spiro atoms. The zero-order valence-electron chi connectivity index (χ0n) is 26.0. The van der Waals surface area contributed by atoms with E-state index < -0.39 is 51.6 Å². The van der Waals surface area contributed by atoms with Crippen LogP contribution >= 0.6 is 0 Å². The maximum absolute atomic E-state index is 14.0. The van der Waals surface area contributed by atoms with Crippen molar-refractivity contribution in [3.8, 4) is 5.75 Å². The third kappa shape index (κ3) is 5.31. The lowest BCUT2D eigenvalue weighted by molar-refractivity contribution is -0.139. The fourth-order valence-electron chi connectivity index (χ4n) is 6.41. The number of carbonyl (C=O) groups is 3. The van der Waals surface area contributed by atoms with Crippen molar-refractivity contribution in [1.29, 1.82) is 0 Å². The van der Waals surface area contributed by atoms with Crippen LogP contribution in [0, 0.1) is 5.41 Å². The predicted octanol–water partition coefficient (Wildman–Crippen LogP) is 5.88. The van der Waals surface area contributed by atoms with Crippen molar-refractivity contribution >= 4 is 28.2 Å². The summed E-state index contributed by atoms with van der Waals surface area (Å²) < 4.78 is 56.0. The molecule has 1 unspecified atom stereocenters. The van der Waals surface area contributed by atoms with Gasteiger partial charge >= 0.3 is 6.18 Å². The van der Waals surface area contributed by atoms with Crippen molar-refractivity contribution < 1.29 is 52.0 Å². The molecule has 9 nitrogen and oxygen atoms in total. The van der Waals surface area contributed by atoms with Crippen LogP contribution in [-0.4, -0.2) is 40.4 Å². The third-order valence-corrected chi connectivity index (χ3v) is 8.88. The summed E-state index contributed by atoms with van der Waals surface area (Å²) in [6.07, 6.45) is -2.18. The first-order chi connectivity index (χ1) is 22.7. The van der Waals surface area contributed by atoms with Gasteiger partial charge in [-0.1, -0.05) is 42.5 Å². The molecule has 0 fully saturated rings. The molecule has 0 saturated carbocycles. The van der Waals surface area contributed by atoms with Gasteiger partial charge in [-0.15, -0.1) is 0 Å². The number of halogens is 3. The van der Waals surface area contributed by atoms with Crippen LogP contribution in [-0.2, 0) is 43.2 Å². The van der Waals surface area contributed by atoms with E-state index in [4.69, 9.17) is 14.2 Å². The molecule has 1 amide bonds. The van der Waals surface area contributed by atoms with Gasteiger partial charge in [-0.25, -0.2) is 0 Å². The van der Waals surface area contributed by atoms with E-state index in [1.807, 2.05) is 6.07 Å². The van der Waals surface area contributed by atoms with E-state index in [1.165, 1.54) is 32.2 Å². The average Bonchev–Trinajstić information content (AvgIpc) is 3.35. The van der Waals surface area contributed by atoms with Crippen molar-refractivity contribution in [3.05, 3.63) is 124 Å². The SMILES string of the molecule is COC1=CC2=C(C(O)(C(=O)NCc3ccc(OCc4ccc(C(F)(F)F)cc4)c4ccccc34)C1)[C@]1(C)C(=O)C(C(C)=O)=C(O)C=C1O2. The zero-order chi connectivity index (χ0) is 34.6. The summed E-state index contributed by atoms with van der Waals surface area (Å²) in [5, 5.41) is 26.7. The number of methoxy groups -OCH3 is 1. The van der Waals surface area contributed by atoms with E-state index in [2.05, 4.69) is 5.32 Å². The smallest absolute Gasteiger partial charge is 0.416 e. The molecule has 0 aromatic heterocycles.